The Morgan fingerprint density at radius 3 is 2.50 bits per heavy atom. The summed E-state index contributed by atoms with van der Waals surface area (Å²) in [6.45, 7) is 4.28. The Balaban J connectivity index is 2.03. The third-order valence-corrected chi connectivity index (χ3v) is 3.83. The minimum Gasteiger partial charge on any atom is -0.348 e. The van der Waals surface area contributed by atoms with Crippen LogP contribution in [0.1, 0.15) is 44.7 Å². The number of carbonyl (C=O) groups is 1. The topological polar surface area (TPSA) is 54.0 Å². The largest absolute Gasteiger partial charge is 0.348 e. The van der Waals surface area contributed by atoms with Crippen molar-refractivity contribution in [3.8, 4) is 0 Å². The lowest BCUT2D eigenvalue weighted by Crippen LogP contribution is -2.45. The molecule has 110 valence electrons. The van der Waals surface area contributed by atoms with E-state index in [1.807, 2.05) is 19.2 Å². The molecule has 1 heterocycles. The van der Waals surface area contributed by atoms with Crippen LogP contribution in [0.4, 0.5) is 0 Å². The van der Waals surface area contributed by atoms with E-state index in [2.05, 4.69) is 29.5 Å². The summed E-state index contributed by atoms with van der Waals surface area (Å²) in [6.07, 6.45) is 6.83. The molecule has 0 aromatic carbocycles. The molecule has 2 N–H and O–H groups in total. The first-order chi connectivity index (χ1) is 9.61. The molecular formula is C16H25N3O. The minimum atomic E-state index is -0.113. The summed E-state index contributed by atoms with van der Waals surface area (Å²) < 4.78 is 0. The normalized spacial score (nSPS) is 17.8. The summed E-state index contributed by atoms with van der Waals surface area (Å²) in [4.78, 5) is 16.5. The van der Waals surface area contributed by atoms with E-state index in [0.29, 0.717) is 11.8 Å². The van der Waals surface area contributed by atoms with Crippen LogP contribution < -0.4 is 10.6 Å². The van der Waals surface area contributed by atoms with Crippen molar-refractivity contribution in [3.63, 3.8) is 0 Å². The summed E-state index contributed by atoms with van der Waals surface area (Å²) in [5.74, 6) is 1.19. The van der Waals surface area contributed by atoms with E-state index in [-0.39, 0.29) is 18.0 Å². The van der Waals surface area contributed by atoms with Gasteiger partial charge >= 0.3 is 0 Å². The molecule has 0 saturated heterocycles. The van der Waals surface area contributed by atoms with Crippen molar-refractivity contribution >= 4 is 5.91 Å². The van der Waals surface area contributed by atoms with Gasteiger partial charge < -0.3 is 10.6 Å². The van der Waals surface area contributed by atoms with Gasteiger partial charge in [0.1, 0.15) is 0 Å². The Bertz CT molecular complexity index is 429. The van der Waals surface area contributed by atoms with Crippen LogP contribution in [0.5, 0.6) is 0 Å². The first-order valence-electron chi connectivity index (χ1n) is 7.49. The second-order valence-corrected chi connectivity index (χ2v) is 6.08. The predicted molar refractivity (Wildman–Crippen MR) is 80.1 cm³/mol. The summed E-state index contributed by atoms with van der Waals surface area (Å²) in [5, 5.41) is 6.35. The van der Waals surface area contributed by atoms with Gasteiger partial charge in [-0.3, -0.25) is 9.78 Å². The summed E-state index contributed by atoms with van der Waals surface area (Å²) in [5.41, 5.74) is 1.16. The third kappa shape index (κ3) is 4.04. The molecule has 1 aliphatic rings. The van der Waals surface area contributed by atoms with E-state index in [0.717, 1.165) is 12.0 Å². The zero-order valence-electron chi connectivity index (χ0n) is 12.6. The highest BCUT2D eigenvalue weighted by Gasteiger charge is 2.34. The lowest BCUT2D eigenvalue weighted by Gasteiger charge is -2.23. The first kappa shape index (κ1) is 15.0. The van der Waals surface area contributed by atoms with E-state index in [1.165, 1.54) is 12.8 Å². The Labute approximate surface area is 121 Å². The van der Waals surface area contributed by atoms with Gasteiger partial charge in [0.2, 0.25) is 5.91 Å². The number of rotatable bonds is 7. The first-order valence-corrected chi connectivity index (χ1v) is 7.49. The molecule has 1 unspecified atom stereocenters. The van der Waals surface area contributed by atoms with Crippen LogP contribution in [0.15, 0.2) is 24.5 Å². The maximum absolute atomic E-state index is 12.4. The van der Waals surface area contributed by atoms with Gasteiger partial charge in [-0.05, 0) is 55.8 Å². The van der Waals surface area contributed by atoms with Gasteiger partial charge in [0, 0.05) is 12.4 Å². The number of carbonyl (C=O) groups excluding carboxylic acids is 1. The van der Waals surface area contributed by atoms with Crippen molar-refractivity contribution in [2.45, 2.75) is 45.2 Å². The Hall–Kier alpha value is -1.42. The van der Waals surface area contributed by atoms with Crippen molar-refractivity contribution in [3.05, 3.63) is 30.1 Å². The van der Waals surface area contributed by atoms with E-state index in [9.17, 15) is 4.79 Å². The number of aromatic nitrogens is 1. The molecule has 2 rings (SSSR count). The van der Waals surface area contributed by atoms with Crippen LogP contribution in [0, 0.1) is 11.8 Å². The lowest BCUT2D eigenvalue weighted by atomic mass is 10.0. The molecule has 2 atom stereocenters. The Kier molecular flexibility index (Phi) is 5.12. The van der Waals surface area contributed by atoms with Gasteiger partial charge in [-0.25, -0.2) is 0 Å². The molecule has 4 heteroatoms. The molecule has 1 aliphatic carbocycles. The highest BCUT2D eigenvalue weighted by Crippen LogP contribution is 2.40. The average molecular weight is 275 g/mol. The maximum Gasteiger partial charge on any atom is 0.237 e. The standard InChI is InChI=1S/C16H25N3O/c1-11(2)10-14(17-3)16(20)19-15(12-4-5-12)13-6-8-18-9-7-13/h6-9,11-12,14-15,17H,4-5,10H2,1-3H3,(H,19,20)/t14-,15?/m0/s1. The van der Waals surface area contributed by atoms with Gasteiger partial charge in [0.05, 0.1) is 12.1 Å². The Morgan fingerprint density at radius 2 is 2.00 bits per heavy atom. The number of amides is 1. The van der Waals surface area contributed by atoms with Gasteiger partial charge in [0.15, 0.2) is 0 Å². The predicted octanol–water partition coefficient (Wildman–Crippen LogP) is 2.28. The van der Waals surface area contributed by atoms with Gasteiger partial charge in [0.25, 0.3) is 0 Å². The van der Waals surface area contributed by atoms with Crippen LogP contribution in [0.2, 0.25) is 0 Å². The third-order valence-electron chi connectivity index (χ3n) is 3.83. The van der Waals surface area contributed by atoms with Crippen LogP contribution in [0.3, 0.4) is 0 Å². The van der Waals surface area contributed by atoms with Crippen molar-refractivity contribution in [2.75, 3.05) is 7.05 Å². The van der Waals surface area contributed by atoms with Crippen LogP contribution in [-0.2, 0) is 4.79 Å². The molecule has 0 spiro atoms. The van der Waals surface area contributed by atoms with E-state index >= 15 is 0 Å². The van der Waals surface area contributed by atoms with E-state index < -0.39 is 0 Å². The fraction of sp³-hybridized carbons (Fsp3) is 0.625. The number of hydrogen-bond donors (Lipinski definition) is 2. The lowest BCUT2D eigenvalue weighted by molar-refractivity contribution is -0.124. The van der Waals surface area contributed by atoms with E-state index in [4.69, 9.17) is 0 Å². The molecule has 1 amide bonds. The number of likely N-dealkylation sites (N-methyl/N-ethyl adjacent to an activating group) is 1. The van der Waals surface area contributed by atoms with Crippen molar-refractivity contribution in [2.24, 2.45) is 11.8 Å². The molecule has 0 bridgehead atoms. The monoisotopic (exact) mass is 275 g/mol. The smallest absolute Gasteiger partial charge is 0.237 e. The number of pyridine rings is 1. The molecule has 1 fully saturated rings. The van der Waals surface area contributed by atoms with Gasteiger partial charge in [-0.2, -0.15) is 0 Å². The highest BCUT2D eigenvalue weighted by atomic mass is 16.2. The second kappa shape index (κ2) is 6.84. The molecule has 1 aromatic rings. The number of nitrogens with one attached hydrogen (secondary N) is 2. The van der Waals surface area contributed by atoms with Crippen LogP contribution >= 0.6 is 0 Å². The van der Waals surface area contributed by atoms with Crippen molar-refractivity contribution in [1.29, 1.82) is 0 Å². The number of hydrogen-bond acceptors (Lipinski definition) is 3. The fourth-order valence-corrected chi connectivity index (χ4v) is 2.55. The van der Waals surface area contributed by atoms with E-state index in [1.54, 1.807) is 12.4 Å². The zero-order valence-corrected chi connectivity index (χ0v) is 12.6. The van der Waals surface area contributed by atoms with Gasteiger partial charge in [-0.1, -0.05) is 13.8 Å². The summed E-state index contributed by atoms with van der Waals surface area (Å²) in [7, 11) is 1.85. The molecule has 0 aliphatic heterocycles. The zero-order chi connectivity index (χ0) is 14.5. The highest BCUT2D eigenvalue weighted by molar-refractivity contribution is 5.82. The maximum atomic E-state index is 12.4. The minimum absolute atomic E-state index is 0.106. The van der Waals surface area contributed by atoms with Gasteiger partial charge in [-0.15, -0.1) is 0 Å². The number of nitrogens with zero attached hydrogens (tertiary/aromatic N) is 1. The Morgan fingerprint density at radius 1 is 1.35 bits per heavy atom. The molecular weight excluding hydrogens is 250 g/mol. The van der Waals surface area contributed by atoms with Crippen molar-refractivity contribution in [1.82, 2.24) is 15.6 Å². The average Bonchev–Trinajstić information content (AvgIpc) is 3.27. The van der Waals surface area contributed by atoms with Crippen LogP contribution in [0.25, 0.3) is 0 Å². The molecule has 0 radical (unpaired) electrons. The molecule has 1 saturated carbocycles. The van der Waals surface area contributed by atoms with Crippen LogP contribution in [-0.4, -0.2) is 24.0 Å². The second-order valence-electron chi connectivity index (χ2n) is 6.08. The fourth-order valence-electron chi connectivity index (χ4n) is 2.55. The SMILES string of the molecule is CN[C@@H](CC(C)C)C(=O)NC(c1ccncc1)C1CC1. The molecule has 4 nitrogen and oxygen atoms in total. The molecule has 1 aromatic heterocycles. The quantitative estimate of drug-likeness (QED) is 0.802. The molecule has 20 heavy (non-hydrogen) atoms. The van der Waals surface area contributed by atoms with Crippen molar-refractivity contribution < 1.29 is 4.79 Å². The summed E-state index contributed by atoms with van der Waals surface area (Å²) in [6, 6.07) is 4.02. The summed E-state index contributed by atoms with van der Waals surface area (Å²) >= 11 is 0.